The summed E-state index contributed by atoms with van der Waals surface area (Å²) in [6.45, 7) is 0.899. The largest absolute Gasteiger partial charge is 0.394 e. The number of aliphatic hydroxyl groups is 8. The SMILES string of the molecule is CCc1ccc(C(=O)NC2C(O)OC(CO)C(O)C2O)cc1.O=C(NC1C(O)OC(CO)C(O)C1O)c1cccc(Br)c1. The van der Waals surface area contributed by atoms with Crippen molar-refractivity contribution in [3.63, 3.8) is 0 Å². The number of carbonyl (C=O) groups excluding carboxylic acids is 2. The Hall–Kier alpha value is -2.54. The number of nitrogens with one attached hydrogen (secondary N) is 2. The number of ether oxygens (including phenoxy) is 2. The molecule has 238 valence electrons. The highest BCUT2D eigenvalue weighted by Crippen LogP contribution is 2.22. The maximum Gasteiger partial charge on any atom is 0.251 e. The zero-order valence-electron chi connectivity index (χ0n) is 23.1. The van der Waals surface area contributed by atoms with Crippen molar-refractivity contribution in [1.29, 1.82) is 0 Å². The molecule has 43 heavy (non-hydrogen) atoms. The molecule has 2 aliphatic heterocycles. The fourth-order valence-electron chi connectivity index (χ4n) is 4.50. The molecular formula is C28H37BrN2O12. The van der Waals surface area contributed by atoms with E-state index >= 15 is 0 Å². The first-order valence-electron chi connectivity index (χ1n) is 13.5. The second kappa shape index (κ2) is 16.0. The summed E-state index contributed by atoms with van der Waals surface area (Å²) in [7, 11) is 0. The van der Waals surface area contributed by atoms with Crippen LogP contribution in [-0.2, 0) is 15.9 Å². The molecular weight excluding hydrogens is 636 g/mol. The van der Waals surface area contributed by atoms with Gasteiger partial charge in [0.15, 0.2) is 12.6 Å². The van der Waals surface area contributed by atoms with Crippen LogP contribution in [0.15, 0.2) is 53.0 Å². The molecule has 2 amide bonds. The first-order valence-corrected chi connectivity index (χ1v) is 14.3. The van der Waals surface area contributed by atoms with E-state index in [1.807, 2.05) is 19.1 Å². The molecule has 2 aromatic carbocycles. The topological polar surface area (TPSA) is 238 Å². The first-order chi connectivity index (χ1) is 20.4. The Balaban J connectivity index is 0.000000236. The standard InChI is InChI=1S/C15H21NO6.C13H16BrNO6/c1-2-8-3-5-9(6-4-8)14(20)16-11-13(19)12(18)10(7-17)22-15(11)21;14-7-3-1-2-6(4-7)12(19)15-9-11(18)10(17)8(5-16)21-13(9)20/h3-6,10-13,15,17-19,21H,2,7H2,1H3,(H,16,20);1-4,8-11,13,16-18,20H,5H2,(H,15,19). The quantitative estimate of drug-likeness (QED) is 0.150. The molecule has 0 saturated carbocycles. The summed E-state index contributed by atoms with van der Waals surface area (Å²) in [4.78, 5) is 24.2. The average Bonchev–Trinajstić information content (AvgIpc) is 3.01. The van der Waals surface area contributed by atoms with Crippen LogP contribution >= 0.6 is 15.9 Å². The van der Waals surface area contributed by atoms with E-state index in [1.165, 1.54) is 0 Å². The van der Waals surface area contributed by atoms with Crippen molar-refractivity contribution in [3.05, 3.63) is 69.7 Å². The van der Waals surface area contributed by atoms with Gasteiger partial charge in [-0.15, -0.1) is 0 Å². The molecule has 10 unspecified atom stereocenters. The van der Waals surface area contributed by atoms with E-state index in [9.17, 15) is 40.2 Å². The first kappa shape index (κ1) is 34.9. The van der Waals surface area contributed by atoms with Crippen molar-refractivity contribution in [2.75, 3.05) is 13.2 Å². The molecule has 2 aliphatic rings. The number of rotatable bonds is 7. The number of aliphatic hydroxyl groups excluding tert-OH is 8. The van der Waals surface area contributed by atoms with E-state index in [4.69, 9.17) is 19.7 Å². The molecule has 2 saturated heterocycles. The van der Waals surface area contributed by atoms with Crippen LogP contribution in [0.5, 0.6) is 0 Å². The van der Waals surface area contributed by atoms with Crippen LogP contribution in [0.4, 0.5) is 0 Å². The molecule has 0 aromatic heterocycles. The van der Waals surface area contributed by atoms with Gasteiger partial charge in [-0.1, -0.05) is 41.1 Å². The zero-order chi connectivity index (χ0) is 31.8. The normalized spacial score (nSPS) is 32.2. The lowest BCUT2D eigenvalue weighted by molar-refractivity contribution is -0.252. The van der Waals surface area contributed by atoms with Gasteiger partial charge in [0.2, 0.25) is 0 Å². The lowest BCUT2D eigenvalue weighted by Crippen LogP contribution is -2.64. The minimum absolute atomic E-state index is 0.322. The van der Waals surface area contributed by atoms with Gasteiger partial charge in [-0.2, -0.15) is 0 Å². The van der Waals surface area contributed by atoms with Crippen LogP contribution in [0.1, 0.15) is 33.2 Å². The van der Waals surface area contributed by atoms with Gasteiger partial charge >= 0.3 is 0 Å². The number of amides is 2. The highest BCUT2D eigenvalue weighted by atomic mass is 79.9. The van der Waals surface area contributed by atoms with Crippen LogP contribution in [0.3, 0.4) is 0 Å². The maximum absolute atomic E-state index is 12.1. The van der Waals surface area contributed by atoms with Crippen LogP contribution in [-0.4, -0.2) is 127 Å². The van der Waals surface area contributed by atoms with E-state index < -0.39 is 86.3 Å². The lowest BCUT2D eigenvalue weighted by Gasteiger charge is -2.40. The minimum Gasteiger partial charge on any atom is -0.394 e. The van der Waals surface area contributed by atoms with Gasteiger partial charge in [0, 0.05) is 15.6 Å². The Morgan fingerprint density at radius 3 is 1.60 bits per heavy atom. The molecule has 2 fully saturated rings. The third-order valence-corrected chi connectivity index (χ3v) is 7.60. The van der Waals surface area contributed by atoms with Gasteiger partial charge < -0.3 is 61.0 Å². The third kappa shape index (κ3) is 8.77. The van der Waals surface area contributed by atoms with Crippen molar-refractivity contribution in [2.24, 2.45) is 0 Å². The van der Waals surface area contributed by atoms with Crippen molar-refractivity contribution in [3.8, 4) is 0 Å². The molecule has 0 bridgehead atoms. The van der Waals surface area contributed by atoms with Crippen LogP contribution in [0, 0.1) is 0 Å². The molecule has 0 spiro atoms. The summed E-state index contributed by atoms with van der Waals surface area (Å²) in [5, 5.41) is 81.9. The number of halogens is 1. The van der Waals surface area contributed by atoms with E-state index in [2.05, 4.69) is 26.6 Å². The molecule has 2 aromatic rings. The summed E-state index contributed by atoms with van der Waals surface area (Å²) in [5.41, 5.74) is 1.77. The number of benzene rings is 2. The molecule has 2 heterocycles. The predicted molar refractivity (Wildman–Crippen MR) is 152 cm³/mol. The van der Waals surface area contributed by atoms with Gasteiger partial charge in [0.1, 0.15) is 48.7 Å². The van der Waals surface area contributed by atoms with Crippen molar-refractivity contribution in [2.45, 2.75) is 74.6 Å². The highest BCUT2D eigenvalue weighted by molar-refractivity contribution is 9.10. The molecule has 4 rings (SSSR count). The van der Waals surface area contributed by atoms with Crippen molar-refractivity contribution >= 4 is 27.7 Å². The maximum atomic E-state index is 12.1. The fraction of sp³-hybridized carbons (Fsp3) is 0.500. The Kier molecular flexibility index (Phi) is 13.0. The van der Waals surface area contributed by atoms with Gasteiger partial charge in [-0.05, 0) is 42.3 Å². The van der Waals surface area contributed by atoms with E-state index in [-0.39, 0.29) is 0 Å². The predicted octanol–water partition coefficient (Wildman–Crippen LogP) is -2.24. The molecule has 10 N–H and O–H groups in total. The Labute approximate surface area is 255 Å². The fourth-order valence-corrected chi connectivity index (χ4v) is 4.90. The van der Waals surface area contributed by atoms with E-state index in [0.29, 0.717) is 15.6 Å². The Morgan fingerprint density at radius 1 is 0.721 bits per heavy atom. The van der Waals surface area contributed by atoms with Crippen LogP contribution < -0.4 is 10.6 Å². The summed E-state index contributed by atoms with van der Waals surface area (Å²) in [6, 6.07) is 11.1. The molecule has 15 heteroatoms. The summed E-state index contributed by atoms with van der Waals surface area (Å²) >= 11 is 3.23. The second-order valence-corrected chi connectivity index (χ2v) is 10.9. The third-order valence-electron chi connectivity index (χ3n) is 7.11. The summed E-state index contributed by atoms with van der Waals surface area (Å²) < 4.78 is 10.7. The zero-order valence-corrected chi connectivity index (χ0v) is 24.7. The van der Waals surface area contributed by atoms with E-state index in [1.54, 1.807) is 36.4 Å². The van der Waals surface area contributed by atoms with Gasteiger partial charge in [-0.25, -0.2) is 0 Å². The minimum atomic E-state index is -1.53. The summed E-state index contributed by atoms with van der Waals surface area (Å²) in [5.74, 6) is -1.03. The summed E-state index contributed by atoms with van der Waals surface area (Å²) in [6.07, 6.45) is -10.1. The lowest BCUT2D eigenvalue weighted by atomic mass is 9.96. The van der Waals surface area contributed by atoms with Crippen LogP contribution in [0.2, 0.25) is 0 Å². The Morgan fingerprint density at radius 2 is 1.19 bits per heavy atom. The van der Waals surface area contributed by atoms with Gasteiger partial charge in [-0.3, -0.25) is 9.59 Å². The van der Waals surface area contributed by atoms with Crippen LogP contribution in [0.25, 0.3) is 0 Å². The monoisotopic (exact) mass is 672 g/mol. The highest BCUT2D eigenvalue weighted by Gasteiger charge is 2.45. The smallest absolute Gasteiger partial charge is 0.251 e. The van der Waals surface area contributed by atoms with Crippen molar-refractivity contribution < 1.29 is 59.9 Å². The molecule has 14 nitrogen and oxygen atoms in total. The number of carbonyl (C=O) groups is 2. The van der Waals surface area contributed by atoms with E-state index in [0.717, 1.165) is 12.0 Å². The number of hydrogen-bond acceptors (Lipinski definition) is 12. The van der Waals surface area contributed by atoms with Gasteiger partial charge in [0.05, 0.1) is 13.2 Å². The second-order valence-electron chi connectivity index (χ2n) is 10.0. The number of aryl methyl sites for hydroxylation is 1. The molecule has 0 radical (unpaired) electrons. The van der Waals surface area contributed by atoms with Gasteiger partial charge in [0.25, 0.3) is 11.8 Å². The molecule has 0 aliphatic carbocycles. The average molecular weight is 674 g/mol. The molecule has 10 atom stereocenters. The Bertz CT molecular complexity index is 1200. The number of hydrogen-bond donors (Lipinski definition) is 10. The van der Waals surface area contributed by atoms with Crippen molar-refractivity contribution in [1.82, 2.24) is 10.6 Å².